The van der Waals surface area contributed by atoms with Crippen LogP contribution in [0.1, 0.15) is 23.1 Å². The summed E-state index contributed by atoms with van der Waals surface area (Å²) in [5.74, 6) is 0.449. The molecule has 3 aromatic rings. The lowest BCUT2D eigenvalue weighted by Gasteiger charge is -2.15. The van der Waals surface area contributed by atoms with Crippen LogP contribution in [0.25, 0.3) is 0 Å². The molecule has 1 heterocycles. The topological polar surface area (TPSA) is 112 Å². The molecule has 12 heteroatoms. The predicted octanol–water partition coefficient (Wildman–Crippen LogP) is 4.75. The van der Waals surface area contributed by atoms with Crippen LogP contribution >= 0.6 is 46.1 Å². The summed E-state index contributed by atoms with van der Waals surface area (Å²) < 4.78 is 11.5. The van der Waals surface area contributed by atoms with Gasteiger partial charge in [-0.3, -0.25) is 4.79 Å². The van der Waals surface area contributed by atoms with Crippen LogP contribution in [0.15, 0.2) is 35.4 Å². The van der Waals surface area contributed by atoms with Crippen LogP contribution < -0.4 is 20.6 Å². The maximum atomic E-state index is 12.0. The van der Waals surface area contributed by atoms with Gasteiger partial charge in [0, 0.05) is 15.6 Å². The molecule has 1 aromatic heterocycles. The molecular formula is C20H18Cl3N5O3S. The number of nitrogens with zero attached hydrogens (tertiary/aromatic N) is 3. The van der Waals surface area contributed by atoms with Gasteiger partial charge in [0.15, 0.2) is 11.5 Å². The van der Waals surface area contributed by atoms with Gasteiger partial charge in [-0.15, -0.1) is 10.2 Å². The lowest BCUT2D eigenvalue weighted by molar-refractivity contribution is -0.120. The van der Waals surface area contributed by atoms with E-state index in [0.717, 1.165) is 16.9 Å². The van der Waals surface area contributed by atoms with Crippen molar-refractivity contribution >= 4 is 63.4 Å². The fourth-order valence-corrected chi connectivity index (χ4v) is 3.89. The number of hydrazone groups is 1. The Kier molecular flexibility index (Phi) is 8.52. The lowest BCUT2D eigenvalue weighted by atomic mass is 10.2. The average molecular weight is 515 g/mol. The smallest absolute Gasteiger partial charge is 0.247 e. The molecule has 0 spiro atoms. The number of benzene rings is 2. The quantitative estimate of drug-likeness (QED) is 0.315. The maximum Gasteiger partial charge on any atom is 0.247 e. The number of aromatic nitrogens is 2. The Morgan fingerprint density at radius 3 is 2.69 bits per heavy atom. The lowest BCUT2D eigenvalue weighted by Crippen LogP contribution is -2.19. The Balaban J connectivity index is 1.68. The van der Waals surface area contributed by atoms with Crippen molar-refractivity contribution in [2.24, 2.45) is 5.10 Å². The van der Waals surface area contributed by atoms with Gasteiger partial charge in [0.05, 0.1) is 24.3 Å². The number of rotatable bonds is 9. The van der Waals surface area contributed by atoms with Gasteiger partial charge >= 0.3 is 0 Å². The molecule has 0 atom stereocenters. The summed E-state index contributed by atoms with van der Waals surface area (Å²) >= 11 is 19.7. The highest BCUT2D eigenvalue weighted by molar-refractivity contribution is 7.15. The first-order chi connectivity index (χ1) is 15.4. The van der Waals surface area contributed by atoms with Crippen molar-refractivity contribution in [2.45, 2.75) is 20.0 Å². The van der Waals surface area contributed by atoms with E-state index in [9.17, 15) is 4.79 Å². The van der Waals surface area contributed by atoms with Gasteiger partial charge in [-0.05, 0) is 36.8 Å². The first kappa shape index (κ1) is 24.1. The van der Waals surface area contributed by atoms with Gasteiger partial charge in [-0.2, -0.15) is 5.10 Å². The second-order valence-electron chi connectivity index (χ2n) is 6.29. The minimum atomic E-state index is -0.353. The van der Waals surface area contributed by atoms with Crippen molar-refractivity contribution in [1.82, 2.24) is 15.6 Å². The Hall–Kier alpha value is -2.59. The molecule has 0 aliphatic heterocycles. The molecule has 32 heavy (non-hydrogen) atoms. The standard InChI is InChI=1S/C20H18Cl3N5O3S/c1-2-30-16-6-11(9-25-26-17(29)8-18-27-28-20(24)32-18)5-15(23)19(16)31-10-12-3-4-13(21)7-14(12)22/h3-7,9H,2,8,10H2,1H3,(H2,24,28)(H,26,29)/b25-9+. The van der Waals surface area contributed by atoms with E-state index < -0.39 is 0 Å². The molecule has 0 saturated carbocycles. The second-order valence-corrected chi connectivity index (χ2v) is 8.64. The maximum absolute atomic E-state index is 12.0. The summed E-state index contributed by atoms with van der Waals surface area (Å²) in [4.78, 5) is 12.0. The number of nitrogens with one attached hydrogen (secondary N) is 1. The summed E-state index contributed by atoms with van der Waals surface area (Å²) in [5.41, 5.74) is 9.28. The SMILES string of the molecule is CCOc1cc(/C=N/NC(=O)Cc2nnc(N)s2)cc(Cl)c1OCc1ccc(Cl)cc1Cl. The number of carbonyl (C=O) groups excluding carboxylic acids is 1. The molecule has 0 saturated heterocycles. The fourth-order valence-electron chi connectivity index (χ4n) is 2.55. The van der Waals surface area contributed by atoms with Crippen LogP contribution in [0.2, 0.25) is 15.1 Å². The molecule has 0 aliphatic carbocycles. The van der Waals surface area contributed by atoms with Gasteiger partial charge in [0.1, 0.15) is 11.6 Å². The average Bonchev–Trinajstić information content (AvgIpc) is 3.13. The molecule has 0 radical (unpaired) electrons. The van der Waals surface area contributed by atoms with E-state index >= 15 is 0 Å². The van der Waals surface area contributed by atoms with Gasteiger partial charge in [0.2, 0.25) is 11.0 Å². The number of nitrogen functional groups attached to an aromatic ring is 1. The van der Waals surface area contributed by atoms with E-state index in [-0.39, 0.29) is 18.9 Å². The molecule has 3 N–H and O–H groups in total. The van der Waals surface area contributed by atoms with Gasteiger partial charge in [0.25, 0.3) is 0 Å². The number of nitrogens with two attached hydrogens (primary N) is 1. The van der Waals surface area contributed by atoms with Crippen molar-refractivity contribution in [3.8, 4) is 11.5 Å². The van der Waals surface area contributed by atoms with Crippen LogP contribution in [0.5, 0.6) is 11.5 Å². The summed E-state index contributed by atoms with van der Waals surface area (Å²) in [5, 5.41) is 13.5. The van der Waals surface area contributed by atoms with Crippen LogP contribution in [0.3, 0.4) is 0 Å². The zero-order valence-corrected chi connectivity index (χ0v) is 19.9. The fraction of sp³-hybridized carbons (Fsp3) is 0.200. The molecule has 0 aliphatic rings. The van der Waals surface area contributed by atoms with Gasteiger partial charge in [-0.1, -0.05) is 52.2 Å². The zero-order chi connectivity index (χ0) is 23.1. The second kappa shape index (κ2) is 11.3. The first-order valence-corrected chi connectivity index (χ1v) is 11.2. The monoisotopic (exact) mass is 513 g/mol. The number of amides is 1. The number of halogens is 3. The van der Waals surface area contributed by atoms with E-state index in [1.165, 1.54) is 6.21 Å². The summed E-state index contributed by atoms with van der Waals surface area (Å²) in [6.07, 6.45) is 1.47. The number of hydrogen-bond acceptors (Lipinski definition) is 8. The van der Waals surface area contributed by atoms with E-state index in [1.807, 2.05) is 6.92 Å². The van der Waals surface area contributed by atoms with E-state index in [1.54, 1.807) is 30.3 Å². The summed E-state index contributed by atoms with van der Waals surface area (Å²) in [6.45, 7) is 2.42. The minimum Gasteiger partial charge on any atom is -0.490 e. The molecule has 3 rings (SSSR count). The molecule has 0 fully saturated rings. The Labute approximate surface area is 203 Å². The van der Waals surface area contributed by atoms with E-state index in [4.69, 9.17) is 50.0 Å². The van der Waals surface area contributed by atoms with Gasteiger partial charge in [-0.25, -0.2) is 5.43 Å². The van der Waals surface area contributed by atoms with Crippen LogP contribution in [-0.4, -0.2) is 28.9 Å². The predicted molar refractivity (Wildman–Crippen MR) is 127 cm³/mol. The Bertz CT molecular complexity index is 1140. The Morgan fingerprint density at radius 2 is 2.00 bits per heavy atom. The normalized spacial score (nSPS) is 11.0. The number of anilines is 1. The molecule has 168 valence electrons. The third kappa shape index (κ3) is 6.70. The summed E-state index contributed by atoms with van der Waals surface area (Å²) in [7, 11) is 0. The van der Waals surface area contributed by atoms with Crippen molar-refractivity contribution in [3.63, 3.8) is 0 Å². The van der Waals surface area contributed by atoms with Crippen LogP contribution in [0, 0.1) is 0 Å². The molecule has 0 unspecified atom stereocenters. The highest BCUT2D eigenvalue weighted by atomic mass is 35.5. The van der Waals surface area contributed by atoms with Crippen molar-refractivity contribution in [3.05, 3.63) is 61.5 Å². The third-order valence-electron chi connectivity index (χ3n) is 3.92. The van der Waals surface area contributed by atoms with Crippen molar-refractivity contribution in [2.75, 3.05) is 12.3 Å². The van der Waals surface area contributed by atoms with Gasteiger partial charge < -0.3 is 15.2 Å². The highest BCUT2D eigenvalue weighted by Gasteiger charge is 2.14. The van der Waals surface area contributed by atoms with E-state index in [2.05, 4.69) is 20.7 Å². The number of carbonyl (C=O) groups is 1. The third-order valence-corrected chi connectivity index (χ3v) is 5.54. The van der Waals surface area contributed by atoms with Crippen molar-refractivity contribution in [1.29, 1.82) is 0 Å². The van der Waals surface area contributed by atoms with Crippen LogP contribution in [0.4, 0.5) is 5.13 Å². The van der Waals surface area contributed by atoms with E-state index in [0.29, 0.717) is 48.9 Å². The van der Waals surface area contributed by atoms with Crippen LogP contribution in [-0.2, 0) is 17.8 Å². The van der Waals surface area contributed by atoms with Crippen molar-refractivity contribution < 1.29 is 14.3 Å². The minimum absolute atomic E-state index is 0.0250. The first-order valence-electron chi connectivity index (χ1n) is 9.28. The molecule has 8 nitrogen and oxygen atoms in total. The highest BCUT2D eigenvalue weighted by Crippen LogP contribution is 2.37. The number of hydrogen-bond donors (Lipinski definition) is 2. The Morgan fingerprint density at radius 1 is 1.19 bits per heavy atom. The molecule has 2 aromatic carbocycles. The molecule has 0 bridgehead atoms. The largest absolute Gasteiger partial charge is 0.490 e. The molecular weight excluding hydrogens is 497 g/mol. The number of ether oxygens (including phenoxy) is 2. The molecule has 1 amide bonds. The summed E-state index contributed by atoms with van der Waals surface area (Å²) in [6, 6.07) is 8.49. The zero-order valence-electron chi connectivity index (χ0n) is 16.8.